The summed E-state index contributed by atoms with van der Waals surface area (Å²) in [5, 5.41) is 11.3. The fourth-order valence-electron chi connectivity index (χ4n) is 2.15. The number of nitrogens with zero attached hydrogens (tertiary/aromatic N) is 1. The summed E-state index contributed by atoms with van der Waals surface area (Å²) in [5.74, 6) is -0.993. The Hall–Kier alpha value is -2.60. The van der Waals surface area contributed by atoms with E-state index in [1.807, 2.05) is 41.8 Å². The fourth-order valence-corrected chi connectivity index (χ4v) is 2.98. The van der Waals surface area contributed by atoms with E-state index in [1.165, 1.54) is 11.3 Å². The normalized spacial score (nSPS) is 10.5. The topological polar surface area (TPSA) is 74.2 Å². The number of aryl methyl sites for hydroxylation is 1. The van der Waals surface area contributed by atoms with Gasteiger partial charge < -0.3 is 10.5 Å². The van der Waals surface area contributed by atoms with Crippen molar-refractivity contribution in [3.05, 3.63) is 53.0 Å². The maximum Gasteiger partial charge on any atom is 0.339 e. The standard InChI is InChI=1S/C15H13N3O2S/c1-9-12(15(19)20)13(14-11(16-9)7-8-21-14)18-17-10-5-3-2-4-6-10/h2-8,17H,1H3,(H,16,18)(H,19,20). The molecule has 3 rings (SSSR count). The van der Waals surface area contributed by atoms with Gasteiger partial charge >= 0.3 is 5.97 Å². The Balaban J connectivity index is 2.04. The van der Waals surface area contributed by atoms with Gasteiger partial charge in [0, 0.05) is 0 Å². The number of carbonyl (C=O) groups is 1. The highest BCUT2D eigenvalue weighted by molar-refractivity contribution is 7.17. The molecule has 21 heavy (non-hydrogen) atoms. The molecule has 3 N–H and O–H groups in total. The average molecular weight is 299 g/mol. The largest absolute Gasteiger partial charge is 0.478 e. The van der Waals surface area contributed by atoms with E-state index in [1.54, 1.807) is 6.92 Å². The molecule has 6 heteroatoms. The molecule has 2 heterocycles. The molecule has 106 valence electrons. The summed E-state index contributed by atoms with van der Waals surface area (Å²) in [6, 6.07) is 11.4. The Labute approximate surface area is 125 Å². The lowest BCUT2D eigenvalue weighted by atomic mass is 10.1. The molecule has 0 radical (unpaired) electrons. The second-order valence-electron chi connectivity index (χ2n) is 4.50. The van der Waals surface area contributed by atoms with Crippen LogP contribution in [-0.2, 0) is 0 Å². The molecule has 0 aliphatic heterocycles. The molecular weight excluding hydrogens is 286 g/mol. The van der Waals surface area contributed by atoms with Crippen molar-refractivity contribution in [3.8, 4) is 0 Å². The number of rotatable bonds is 4. The van der Waals surface area contributed by atoms with Crippen LogP contribution < -0.4 is 10.9 Å². The minimum atomic E-state index is -0.993. The van der Waals surface area contributed by atoms with Gasteiger partial charge in [-0.3, -0.25) is 10.4 Å². The van der Waals surface area contributed by atoms with Crippen molar-refractivity contribution >= 4 is 38.9 Å². The third kappa shape index (κ3) is 2.53. The predicted molar refractivity (Wildman–Crippen MR) is 85.0 cm³/mol. The van der Waals surface area contributed by atoms with E-state index in [-0.39, 0.29) is 5.56 Å². The van der Waals surface area contributed by atoms with Gasteiger partial charge in [-0.05, 0) is 30.5 Å². The molecule has 0 unspecified atom stereocenters. The summed E-state index contributed by atoms with van der Waals surface area (Å²) in [5.41, 5.74) is 8.92. The Morgan fingerprint density at radius 2 is 1.95 bits per heavy atom. The number of anilines is 2. The molecular formula is C15H13N3O2S. The Bertz CT molecular complexity index is 799. The maximum absolute atomic E-state index is 11.5. The van der Waals surface area contributed by atoms with Crippen LogP contribution in [0.1, 0.15) is 16.1 Å². The van der Waals surface area contributed by atoms with Gasteiger partial charge in [0.1, 0.15) is 5.56 Å². The van der Waals surface area contributed by atoms with Crippen molar-refractivity contribution in [1.29, 1.82) is 0 Å². The number of aromatic carboxylic acids is 1. The number of benzene rings is 1. The van der Waals surface area contributed by atoms with Crippen LogP contribution in [0.25, 0.3) is 10.2 Å². The quantitative estimate of drug-likeness (QED) is 0.640. The zero-order valence-corrected chi connectivity index (χ0v) is 12.1. The number of pyridine rings is 1. The van der Waals surface area contributed by atoms with Crippen molar-refractivity contribution in [1.82, 2.24) is 4.98 Å². The lowest BCUT2D eigenvalue weighted by molar-refractivity contribution is 0.0697. The summed E-state index contributed by atoms with van der Waals surface area (Å²) in [6.07, 6.45) is 0. The number of carboxylic acid groups (broad SMARTS) is 1. The molecule has 0 aliphatic carbocycles. The lowest BCUT2D eigenvalue weighted by Gasteiger charge is -2.14. The number of hydrazine groups is 1. The van der Waals surface area contributed by atoms with Gasteiger partial charge in [-0.2, -0.15) is 0 Å². The van der Waals surface area contributed by atoms with Crippen molar-refractivity contribution in [3.63, 3.8) is 0 Å². The van der Waals surface area contributed by atoms with Crippen LogP contribution in [0.3, 0.4) is 0 Å². The van der Waals surface area contributed by atoms with Crippen LogP contribution in [0.2, 0.25) is 0 Å². The van der Waals surface area contributed by atoms with Crippen LogP contribution in [0.15, 0.2) is 41.8 Å². The molecule has 0 aliphatic rings. The number of carboxylic acids is 1. The molecule has 2 aromatic heterocycles. The average Bonchev–Trinajstić information content (AvgIpc) is 2.93. The number of fused-ring (bicyclic) bond motifs is 1. The molecule has 0 amide bonds. The molecule has 1 aromatic carbocycles. The highest BCUT2D eigenvalue weighted by Crippen LogP contribution is 2.32. The van der Waals surface area contributed by atoms with Crippen molar-refractivity contribution in [2.75, 3.05) is 10.9 Å². The minimum Gasteiger partial charge on any atom is -0.478 e. The maximum atomic E-state index is 11.5. The zero-order valence-electron chi connectivity index (χ0n) is 11.3. The van der Waals surface area contributed by atoms with Crippen molar-refractivity contribution in [2.24, 2.45) is 0 Å². The Kier molecular flexibility index (Phi) is 3.45. The van der Waals surface area contributed by atoms with Crippen LogP contribution in [0.5, 0.6) is 0 Å². The first kappa shape index (κ1) is 13.4. The van der Waals surface area contributed by atoms with E-state index >= 15 is 0 Å². The number of aromatic nitrogens is 1. The second kappa shape index (κ2) is 5.41. The summed E-state index contributed by atoms with van der Waals surface area (Å²) in [7, 11) is 0. The zero-order chi connectivity index (χ0) is 14.8. The van der Waals surface area contributed by atoms with Crippen LogP contribution in [0.4, 0.5) is 11.4 Å². The van der Waals surface area contributed by atoms with Gasteiger partial charge in [0.15, 0.2) is 0 Å². The first-order valence-electron chi connectivity index (χ1n) is 6.35. The molecule has 0 atom stereocenters. The number of hydrogen-bond acceptors (Lipinski definition) is 5. The number of hydrogen-bond donors (Lipinski definition) is 3. The molecule has 0 bridgehead atoms. The first-order chi connectivity index (χ1) is 10.2. The van der Waals surface area contributed by atoms with Crippen LogP contribution >= 0.6 is 11.3 Å². The van der Waals surface area contributed by atoms with E-state index in [0.29, 0.717) is 11.4 Å². The van der Waals surface area contributed by atoms with Crippen LogP contribution in [-0.4, -0.2) is 16.1 Å². The lowest BCUT2D eigenvalue weighted by Crippen LogP contribution is -2.14. The van der Waals surface area contributed by atoms with Gasteiger partial charge in [0.25, 0.3) is 0 Å². The molecule has 5 nitrogen and oxygen atoms in total. The first-order valence-corrected chi connectivity index (χ1v) is 7.23. The molecule has 0 saturated carbocycles. The van der Waals surface area contributed by atoms with E-state index in [2.05, 4.69) is 15.8 Å². The minimum absolute atomic E-state index is 0.188. The van der Waals surface area contributed by atoms with Crippen LogP contribution in [0, 0.1) is 6.92 Å². The molecule has 3 aromatic rings. The monoisotopic (exact) mass is 299 g/mol. The number of para-hydroxylation sites is 1. The van der Waals surface area contributed by atoms with Gasteiger partial charge in [-0.25, -0.2) is 4.79 Å². The smallest absolute Gasteiger partial charge is 0.339 e. The fraction of sp³-hybridized carbons (Fsp3) is 0.0667. The van der Waals surface area contributed by atoms with Crippen molar-refractivity contribution in [2.45, 2.75) is 6.92 Å². The van der Waals surface area contributed by atoms with Gasteiger partial charge in [0.05, 0.1) is 27.3 Å². The Morgan fingerprint density at radius 3 is 2.67 bits per heavy atom. The summed E-state index contributed by atoms with van der Waals surface area (Å²) >= 11 is 1.46. The summed E-state index contributed by atoms with van der Waals surface area (Å²) < 4.78 is 0.821. The van der Waals surface area contributed by atoms with E-state index in [0.717, 1.165) is 15.9 Å². The van der Waals surface area contributed by atoms with Gasteiger partial charge in [-0.15, -0.1) is 11.3 Å². The summed E-state index contributed by atoms with van der Waals surface area (Å²) in [4.78, 5) is 15.9. The van der Waals surface area contributed by atoms with Crippen molar-refractivity contribution < 1.29 is 9.90 Å². The highest BCUT2D eigenvalue weighted by atomic mass is 32.1. The number of thiophene rings is 1. The third-order valence-electron chi connectivity index (χ3n) is 3.09. The third-order valence-corrected chi connectivity index (χ3v) is 4.01. The highest BCUT2D eigenvalue weighted by Gasteiger charge is 2.19. The van der Waals surface area contributed by atoms with E-state index in [4.69, 9.17) is 0 Å². The number of nitrogens with one attached hydrogen (secondary N) is 2. The Morgan fingerprint density at radius 1 is 1.19 bits per heavy atom. The van der Waals surface area contributed by atoms with E-state index < -0.39 is 5.97 Å². The second-order valence-corrected chi connectivity index (χ2v) is 5.42. The molecule has 0 saturated heterocycles. The van der Waals surface area contributed by atoms with Gasteiger partial charge in [-0.1, -0.05) is 18.2 Å². The van der Waals surface area contributed by atoms with E-state index in [9.17, 15) is 9.90 Å². The summed E-state index contributed by atoms with van der Waals surface area (Å²) in [6.45, 7) is 1.70. The van der Waals surface area contributed by atoms with Gasteiger partial charge in [0.2, 0.25) is 0 Å². The molecule has 0 spiro atoms. The molecule has 0 fully saturated rings. The predicted octanol–water partition coefficient (Wildman–Crippen LogP) is 3.74. The SMILES string of the molecule is Cc1nc2ccsc2c(NNc2ccccc2)c1C(=O)O.